The number of amides is 1. The summed E-state index contributed by atoms with van der Waals surface area (Å²) >= 11 is 6.01. The van der Waals surface area contributed by atoms with Gasteiger partial charge in [-0.1, -0.05) is 11.6 Å². The molecule has 2 aromatic heterocycles. The van der Waals surface area contributed by atoms with Crippen molar-refractivity contribution in [3.8, 4) is 0 Å². The van der Waals surface area contributed by atoms with Crippen LogP contribution in [0.2, 0.25) is 5.02 Å². The number of aryl methyl sites for hydroxylation is 2. The molecule has 0 aliphatic heterocycles. The predicted octanol–water partition coefficient (Wildman–Crippen LogP) is 2.31. The highest BCUT2D eigenvalue weighted by Gasteiger charge is 2.11. The maximum atomic E-state index is 11.9. The van der Waals surface area contributed by atoms with Crippen molar-refractivity contribution in [2.24, 2.45) is 7.05 Å². The lowest BCUT2D eigenvalue weighted by Gasteiger charge is -2.07. The largest absolute Gasteiger partial charge is 0.353 e. The van der Waals surface area contributed by atoms with E-state index in [1.54, 1.807) is 6.07 Å². The van der Waals surface area contributed by atoms with Crippen LogP contribution >= 0.6 is 11.6 Å². The average molecular weight is 264 g/mol. The maximum absolute atomic E-state index is 11.9. The molecular weight excluding hydrogens is 250 g/mol. The molecule has 0 bridgehead atoms. The van der Waals surface area contributed by atoms with E-state index in [0.717, 1.165) is 11.4 Å². The van der Waals surface area contributed by atoms with Crippen LogP contribution in [-0.2, 0) is 13.6 Å². The number of nitrogens with zero attached hydrogens (tertiary/aromatic N) is 2. The van der Waals surface area contributed by atoms with Gasteiger partial charge < -0.3 is 9.88 Å². The zero-order valence-electron chi connectivity index (χ0n) is 10.3. The molecule has 0 aliphatic carbocycles. The molecule has 2 heterocycles. The number of nitrogens with one attached hydrogen (secondary N) is 1. The van der Waals surface area contributed by atoms with Gasteiger partial charge in [-0.15, -0.1) is 0 Å². The second kappa shape index (κ2) is 5.23. The molecule has 18 heavy (non-hydrogen) atoms. The van der Waals surface area contributed by atoms with Crippen LogP contribution in [-0.4, -0.2) is 15.5 Å². The minimum Gasteiger partial charge on any atom is -0.353 e. The van der Waals surface area contributed by atoms with E-state index >= 15 is 0 Å². The van der Waals surface area contributed by atoms with Gasteiger partial charge in [-0.3, -0.25) is 9.78 Å². The third-order valence-corrected chi connectivity index (χ3v) is 3.03. The number of hydrogen-bond donors (Lipinski definition) is 1. The van der Waals surface area contributed by atoms with Gasteiger partial charge >= 0.3 is 0 Å². The lowest BCUT2D eigenvalue weighted by molar-refractivity contribution is 0.0950. The smallest absolute Gasteiger partial charge is 0.254 e. The van der Waals surface area contributed by atoms with Crippen molar-refractivity contribution in [1.29, 1.82) is 0 Å². The van der Waals surface area contributed by atoms with Crippen molar-refractivity contribution in [3.05, 3.63) is 52.6 Å². The standard InChI is InChI=1S/C13H14ClN3O/c1-9-6-12(14)11(8-15-9)13(18)16-7-10-4-3-5-17(10)2/h3-6,8H,7H2,1-2H3,(H,16,18). The minimum atomic E-state index is -0.214. The first-order chi connectivity index (χ1) is 8.58. The summed E-state index contributed by atoms with van der Waals surface area (Å²) in [5.41, 5.74) is 2.22. The zero-order valence-corrected chi connectivity index (χ0v) is 11.0. The van der Waals surface area contributed by atoms with Gasteiger partial charge in [-0.05, 0) is 25.1 Å². The van der Waals surface area contributed by atoms with E-state index in [-0.39, 0.29) is 5.91 Å². The number of rotatable bonds is 3. The third kappa shape index (κ3) is 2.71. The Balaban J connectivity index is 2.06. The van der Waals surface area contributed by atoms with Crippen LogP contribution in [0.4, 0.5) is 0 Å². The quantitative estimate of drug-likeness (QED) is 0.924. The number of hydrogen-bond acceptors (Lipinski definition) is 2. The summed E-state index contributed by atoms with van der Waals surface area (Å²) in [6.07, 6.45) is 3.43. The molecule has 94 valence electrons. The first-order valence-electron chi connectivity index (χ1n) is 5.58. The van der Waals surface area contributed by atoms with Crippen molar-refractivity contribution in [2.45, 2.75) is 13.5 Å². The fourth-order valence-corrected chi connectivity index (χ4v) is 1.93. The van der Waals surface area contributed by atoms with Crippen LogP contribution in [0.15, 0.2) is 30.6 Å². The van der Waals surface area contributed by atoms with Gasteiger partial charge in [-0.25, -0.2) is 0 Å². The second-order valence-corrected chi connectivity index (χ2v) is 4.51. The van der Waals surface area contributed by atoms with Crippen LogP contribution in [0.1, 0.15) is 21.7 Å². The summed E-state index contributed by atoms with van der Waals surface area (Å²) in [6.45, 7) is 2.30. The van der Waals surface area contributed by atoms with E-state index < -0.39 is 0 Å². The molecule has 0 radical (unpaired) electrons. The Morgan fingerprint density at radius 3 is 2.94 bits per heavy atom. The summed E-state index contributed by atoms with van der Waals surface area (Å²) in [5, 5.41) is 3.24. The molecule has 1 amide bonds. The molecule has 0 unspecified atom stereocenters. The van der Waals surface area contributed by atoms with E-state index in [9.17, 15) is 4.79 Å². The molecule has 0 saturated heterocycles. The number of carbonyl (C=O) groups excluding carboxylic acids is 1. The summed E-state index contributed by atoms with van der Waals surface area (Å²) in [5.74, 6) is -0.214. The Morgan fingerprint density at radius 2 is 2.33 bits per heavy atom. The maximum Gasteiger partial charge on any atom is 0.254 e. The molecule has 2 rings (SSSR count). The molecule has 4 nitrogen and oxygen atoms in total. The monoisotopic (exact) mass is 263 g/mol. The highest BCUT2D eigenvalue weighted by molar-refractivity contribution is 6.33. The van der Waals surface area contributed by atoms with Crippen molar-refractivity contribution in [1.82, 2.24) is 14.9 Å². The van der Waals surface area contributed by atoms with Crippen LogP contribution in [0, 0.1) is 6.92 Å². The Morgan fingerprint density at radius 1 is 1.56 bits per heavy atom. The normalized spacial score (nSPS) is 10.4. The lowest BCUT2D eigenvalue weighted by Crippen LogP contribution is -2.24. The van der Waals surface area contributed by atoms with Gasteiger partial charge in [0.25, 0.3) is 5.91 Å². The summed E-state index contributed by atoms with van der Waals surface area (Å²) in [6, 6.07) is 5.57. The number of pyridine rings is 1. The number of halogens is 1. The minimum absolute atomic E-state index is 0.214. The molecule has 0 spiro atoms. The molecule has 5 heteroatoms. The predicted molar refractivity (Wildman–Crippen MR) is 70.6 cm³/mol. The second-order valence-electron chi connectivity index (χ2n) is 4.10. The van der Waals surface area contributed by atoms with Crippen molar-refractivity contribution >= 4 is 17.5 Å². The Labute approximate surface area is 111 Å². The van der Waals surface area contributed by atoms with E-state index in [0.29, 0.717) is 17.1 Å². The Kier molecular flexibility index (Phi) is 3.67. The van der Waals surface area contributed by atoms with E-state index in [2.05, 4.69) is 10.3 Å². The lowest BCUT2D eigenvalue weighted by atomic mass is 10.2. The highest BCUT2D eigenvalue weighted by Crippen LogP contribution is 2.15. The van der Waals surface area contributed by atoms with Crippen molar-refractivity contribution in [3.63, 3.8) is 0 Å². The van der Waals surface area contributed by atoms with Gasteiger partial charge in [0.1, 0.15) is 0 Å². The highest BCUT2D eigenvalue weighted by atomic mass is 35.5. The van der Waals surface area contributed by atoms with Crippen LogP contribution in [0.25, 0.3) is 0 Å². The average Bonchev–Trinajstić information content (AvgIpc) is 2.72. The zero-order chi connectivity index (χ0) is 13.1. The molecule has 1 N–H and O–H groups in total. The fourth-order valence-electron chi connectivity index (χ4n) is 1.64. The van der Waals surface area contributed by atoms with Gasteiger partial charge in [0.05, 0.1) is 17.1 Å². The Hall–Kier alpha value is -1.81. The number of carbonyl (C=O) groups is 1. The molecule has 0 fully saturated rings. The molecule has 0 saturated carbocycles. The number of aromatic nitrogens is 2. The van der Waals surface area contributed by atoms with E-state index in [1.807, 2.05) is 36.9 Å². The van der Waals surface area contributed by atoms with Gasteiger partial charge in [-0.2, -0.15) is 0 Å². The van der Waals surface area contributed by atoms with Crippen LogP contribution in [0.5, 0.6) is 0 Å². The van der Waals surface area contributed by atoms with Crippen LogP contribution in [0.3, 0.4) is 0 Å². The van der Waals surface area contributed by atoms with Crippen molar-refractivity contribution in [2.75, 3.05) is 0 Å². The van der Waals surface area contributed by atoms with Gasteiger partial charge in [0.2, 0.25) is 0 Å². The molecular formula is C13H14ClN3O. The molecule has 2 aromatic rings. The van der Waals surface area contributed by atoms with E-state index in [1.165, 1.54) is 6.20 Å². The SMILES string of the molecule is Cc1cc(Cl)c(C(=O)NCc2cccn2C)cn1. The molecule has 0 atom stereocenters. The van der Waals surface area contributed by atoms with Gasteiger partial charge in [0.15, 0.2) is 0 Å². The van der Waals surface area contributed by atoms with E-state index in [4.69, 9.17) is 11.6 Å². The first-order valence-corrected chi connectivity index (χ1v) is 5.96. The molecule has 0 aliphatic rings. The first kappa shape index (κ1) is 12.6. The van der Waals surface area contributed by atoms with Crippen molar-refractivity contribution < 1.29 is 4.79 Å². The fraction of sp³-hybridized carbons (Fsp3) is 0.231. The summed E-state index contributed by atoms with van der Waals surface area (Å²) < 4.78 is 1.95. The molecule has 0 aromatic carbocycles. The summed E-state index contributed by atoms with van der Waals surface area (Å²) in [7, 11) is 1.93. The third-order valence-electron chi connectivity index (χ3n) is 2.72. The summed E-state index contributed by atoms with van der Waals surface area (Å²) in [4.78, 5) is 16.0. The van der Waals surface area contributed by atoms with Gasteiger partial charge in [0, 0.05) is 30.8 Å². The van der Waals surface area contributed by atoms with Crippen LogP contribution < -0.4 is 5.32 Å². The Bertz CT molecular complexity index is 577. The topological polar surface area (TPSA) is 46.9 Å².